The zero-order valence-corrected chi connectivity index (χ0v) is 10.9. The van der Waals surface area contributed by atoms with Crippen LogP contribution in [0.4, 0.5) is 0 Å². The molecule has 0 unspecified atom stereocenters. The second-order valence-corrected chi connectivity index (χ2v) is 4.31. The minimum Gasteiger partial charge on any atom is -0.338 e. The summed E-state index contributed by atoms with van der Waals surface area (Å²) < 4.78 is 0. The molecule has 1 heterocycles. The predicted molar refractivity (Wildman–Crippen MR) is 65.6 cm³/mol. The molecule has 18 heavy (non-hydrogen) atoms. The maximum absolute atomic E-state index is 11.9. The Labute approximate surface area is 106 Å². The highest BCUT2D eigenvalue weighted by Crippen LogP contribution is 2.08. The lowest BCUT2D eigenvalue weighted by molar-refractivity contribution is -0.174. The highest BCUT2D eigenvalue weighted by Gasteiger charge is 2.32. The number of carbonyl (C=O) groups is 2. The average molecular weight is 251 g/mol. The Balaban J connectivity index is 2.77. The summed E-state index contributed by atoms with van der Waals surface area (Å²) in [6, 6.07) is 3.29. The largest absolute Gasteiger partial charge is 0.338 e. The van der Waals surface area contributed by atoms with Gasteiger partial charge in [0.2, 0.25) is 0 Å². The molecule has 0 aromatic carbocycles. The van der Waals surface area contributed by atoms with E-state index in [1.807, 2.05) is 0 Å². The molecule has 0 atom stereocenters. The van der Waals surface area contributed by atoms with Crippen LogP contribution in [0.15, 0.2) is 24.5 Å². The third kappa shape index (κ3) is 3.27. The molecule has 98 valence electrons. The third-order valence-corrected chi connectivity index (χ3v) is 2.44. The van der Waals surface area contributed by atoms with Crippen LogP contribution in [0.5, 0.6) is 0 Å². The topological polar surface area (TPSA) is 71.5 Å². The van der Waals surface area contributed by atoms with Crippen LogP contribution in [0.1, 0.15) is 24.2 Å². The number of nitrogens with zero attached hydrogens (tertiary/aromatic N) is 2. The Morgan fingerprint density at radius 2 is 2.11 bits per heavy atom. The molecule has 1 N–H and O–H groups in total. The lowest BCUT2D eigenvalue weighted by Crippen LogP contribution is -2.54. The van der Waals surface area contributed by atoms with Gasteiger partial charge in [0.1, 0.15) is 5.54 Å². The van der Waals surface area contributed by atoms with Gasteiger partial charge in [-0.15, -0.1) is 0 Å². The van der Waals surface area contributed by atoms with E-state index >= 15 is 0 Å². The fraction of sp³-hybridized carbons (Fsp3) is 0.417. The molecule has 6 heteroatoms. The van der Waals surface area contributed by atoms with E-state index in [0.29, 0.717) is 5.56 Å². The van der Waals surface area contributed by atoms with Crippen molar-refractivity contribution in [2.75, 3.05) is 14.2 Å². The fourth-order valence-electron chi connectivity index (χ4n) is 1.38. The van der Waals surface area contributed by atoms with Gasteiger partial charge in [-0.1, -0.05) is 0 Å². The Hall–Kier alpha value is -1.95. The van der Waals surface area contributed by atoms with Crippen molar-refractivity contribution in [1.29, 1.82) is 0 Å². The van der Waals surface area contributed by atoms with Crippen molar-refractivity contribution >= 4 is 11.8 Å². The van der Waals surface area contributed by atoms with E-state index in [4.69, 9.17) is 4.84 Å². The first-order valence-electron chi connectivity index (χ1n) is 5.43. The highest BCUT2D eigenvalue weighted by atomic mass is 16.7. The summed E-state index contributed by atoms with van der Waals surface area (Å²) in [5, 5.41) is 3.71. The Morgan fingerprint density at radius 3 is 2.61 bits per heavy atom. The van der Waals surface area contributed by atoms with Crippen LogP contribution in [0, 0.1) is 0 Å². The fourth-order valence-corrected chi connectivity index (χ4v) is 1.38. The van der Waals surface area contributed by atoms with Crippen molar-refractivity contribution in [2.24, 2.45) is 0 Å². The first-order chi connectivity index (χ1) is 8.38. The van der Waals surface area contributed by atoms with E-state index in [1.54, 1.807) is 32.2 Å². The summed E-state index contributed by atoms with van der Waals surface area (Å²) in [7, 11) is 2.87. The number of likely N-dealkylation sites (N-methyl/N-ethyl adjacent to an activating group) is 1. The number of hydrogen-bond acceptors (Lipinski definition) is 4. The van der Waals surface area contributed by atoms with E-state index in [9.17, 15) is 9.59 Å². The second kappa shape index (κ2) is 5.59. The second-order valence-electron chi connectivity index (χ2n) is 4.31. The van der Waals surface area contributed by atoms with Crippen molar-refractivity contribution in [3.05, 3.63) is 30.1 Å². The first-order valence-corrected chi connectivity index (χ1v) is 5.43. The van der Waals surface area contributed by atoms with Gasteiger partial charge in [-0.2, -0.15) is 0 Å². The smallest absolute Gasteiger partial charge is 0.270 e. The number of hydrogen-bond donors (Lipinski definition) is 1. The van der Waals surface area contributed by atoms with Crippen LogP contribution < -0.4 is 5.32 Å². The van der Waals surface area contributed by atoms with E-state index in [0.717, 1.165) is 5.06 Å². The average Bonchev–Trinajstić information content (AvgIpc) is 2.37. The minimum absolute atomic E-state index is 0.345. The van der Waals surface area contributed by atoms with E-state index < -0.39 is 5.54 Å². The van der Waals surface area contributed by atoms with Gasteiger partial charge in [-0.25, -0.2) is 5.06 Å². The molecule has 0 saturated carbocycles. The van der Waals surface area contributed by atoms with Crippen LogP contribution in [0.3, 0.4) is 0 Å². The van der Waals surface area contributed by atoms with Crippen LogP contribution in [0.25, 0.3) is 0 Å². The molecular weight excluding hydrogens is 234 g/mol. The van der Waals surface area contributed by atoms with E-state index in [1.165, 1.54) is 20.4 Å². The van der Waals surface area contributed by atoms with Crippen molar-refractivity contribution in [1.82, 2.24) is 15.4 Å². The van der Waals surface area contributed by atoms with Gasteiger partial charge in [0.15, 0.2) is 0 Å². The number of hydroxylamine groups is 2. The summed E-state index contributed by atoms with van der Waals surface area (Å²) in [5.41, 5.74) is -0.657. The van der Waals surface area contributed by atoms with Gasteiger partial charge in [0, 0.05) is 19.4 Å². The lowest BCUT2D eigenvalue weighted by atomic mass is 10.0. The Kier molecular flexibility index (Phi) is 4.38. The number of pyridine rings is 1. The Bertz CT molecular complexity index is 431. The molecule has 0 aliphatic rings. The van der Waals surface area contributed by atoms with Crippen molar-refractivity contribution in [2.45, 2.75) is 19.4 Å². The molecule has 6 nitrogen and oxygen atoms in total. The zero-order valence-electron chi connectivity index (χ0n) is 10.9. The summed E-state index contributed by atoms with van der Waals surface area (Å²) in [5.74, 6) is -0.701. The van der Waals surface area contributed by atoms with Crippen molar-refractivity contribution < 1.29 is 14.4 Å². The van der Waals surface area contributed by atoms with Gasteiger partial charge in [0.25, 0.3) is 11.8 Å². The third-order valence-electron chi connectivity index (χ3n) is 2.44. The highest BCUT2D eigenvalue weighted by molar-refractivity contribution is 5.98. The number of amides is 2. The summed E-state index contributed by atoms with van der Waals surface area (Å²) >= 11 is 0. The van der Waals surface area contributed by atoms with Crippen LogP contribution in [-0.2, 0) is 9.63 Å². The molecule has 0 spiro atoms. The number of aromatic nitrogens is 1. The summed E-state index contributed by atoms with van der Waals surface area (Å²) in [6.07, 6.45) is 3.02. The molecule has 0 saturated heterocycles. The number of nitrogens with one attached hydrogen (secondary N) is 1. The number of rotatable bonds is 4. The molecule has 0 aliphatic heterocycles. The zero-order chi connectivity index (χ0) is 13.8. The summed E-state index contributed by atoms with van der Waals surface area (Å²) in [4.78, 5) is 32.5. The standard InChI is InChI=1S/C12H17N3O3/c1-12(2,11(17)15(3)18-4)14-10(16)9-6-5-7-13-8-9/h5-8H,1-4H3,(H,14,16). The lowest BCUT2D eigenvalue weighted by Gasteiger charge is -2.28. The maximum Gasteiger partial charge on any atom is 0.270 e. The van der Waals surface area contributed by atoms with Gasteiger partial charge >= 0.3 is 0 Å². The molecule has 0 aliphatic carbocycles. The van der Waals surface area contributed by atoms with Gasteiger partial charge < -0.3 is 5.32 Å². The van der Waals surface area contributed by atoms with Crippen LogP contribution in [-0.4, -0.2) is 41.6 Å². The quantitative estimate of drug-likeness (QED) is 0.796. The molecule has 2 amide bonds. The SMILES string of the molecule is CON(C)C(=O)C(C)(C)NC(=O)c1cccnc1. The molecule has 1 aromatic rings. The maximum atomic E-state index is 11.9. The monoisotopic (exact) mass is 251 g/mol. The molecule has 1 rings (SSSR count). The first kappa shape index (κ1) is 14.1. The molecule has 0 bridgehead atoms. The van der Waals surface area contributed by atoms with Gasteiger partial charge in [-0.3, -0.25) is 19.4 Å². The van der Waals surface area contributed by atoms with E-state index in [-0.39, 0.29) is 11.8 Å². The van der Waals surface area contributed by atoms with E-state index in [2.05, 4.69) is 10.3 Å². The Morgan fingerprint density at radius 1 is 1.44 bits per heavy atom. The van der Waals surface area contributed by atoms with Crippen molar-refractivity contribution in [3.63, 3.8) is 0 Å². The van der Waals surface area contributed by atoms with Crippen LogP contribution in [0.2, 0.25) is 0 Å². The van der Waals surface area contributed by atoms with Gasteiger partial charge in [-0.05, 0) is 26.0 Å². The van der Waals surface area contributed by atoms with Crippen LogP contribution >= 0.6 is 0 Å². The minimum atomic E-state index is -1.06. The summed E-state index contributed by atoms with van der Waals surface area (Å²) in [6.45, 7) is 3.22. The molecule has 0 radical (unpaired) electrons. The normalized spacial score (nSPS) is 10.9. The molecule has 1 aromatic heterocycles. The molecule has 0 fully saturated rings. The molecular formula is C12H17N3O3. The number of carbonyl (C=O) groups excluding carboxylic acids is 2. The van der Waals surface area contributed by atoms with Gasteiger partial charge in [0.05, 0.1) is 12.7 Å². The predicted octanol–water partition coefficient (Wildman–Crippen LogP) is 0.610. The van der Waals surface area contributed by atoms with Crippen molar-refractivity contribution in [3.8, 4) is 0 Å².